The van der Waals surface area contributed by atoms with E-state index in [1.807, 2.05) is 0 Å². The molecule has 0 bridgehead atoms. The van der Waals surface area contributed by atoms with Crippen molar-refractivity contribution in [3.05, 3.63) is 52.8 Å². The number of nitrogens with two attached hydrogens (primary N) is 1. The molecule has 34 heavy (non-hydrogen) atoms. The number of hydrogen-bond acceptors (Lipinski definition) is 10. The molecule has 1 aromatic heterocycles. The predicted molar refractivity (Wildman–Crippen MR) is 132 cm³/mol. The van der Waals surface area contributed by atoms with Crippen molar-refractivity contribution >= 4 is 30.5 Å². The lowest BCUT2D eigenvalue weighted by Gasteiger charge is -2.23. The number of benzene rings is 1. The number of pyridine rings is 1. The van der Waals surface area contributed by atoms with E-state index in [-0.39, 0.29) is 17.7 Å². The van der Waals surface area contributed by atoms with E-state index >= 15 is 0 Å². The summed E-state index contributed by atoms with van der Waals surface area (Å²) >= 11 is 0. The van der Waals surface area contributed by atoms with E-state index in [0.29, 0.717) is 79.6 Å². The number of ketones is 2. The van der Waals surface area contributed by atoms with E-state index in [0.717, 1.165) is 0 Å². The van der Waals surface area contributed by atoms with Crippen molar-refractivity contribution in [2.75, 3.05) is 62.7 Å². The third-order valence-electron chi connectivity index (χ3n) is 5.26. The normalized spacial score (nSPS) is 12.9. The standard InChI is InChI=1S/C23H32N5O5P/c1-3-32-34(31,33-4-2)14-13-25-11-12-28-19-6-5-18(27-10-8-24)20-21(19)23(30)17-15-26-9-7-16(17)22(20)29/h5-7,9,15,25,27-28H,3-4,8,10-14,24H2,1-2H3. The maximum absolute atomic E-state index is 13.3. The van der Waals surface area contributed by atoms with Crippen molar-refractivity contribution in [3.63, 3.8) is 0 Å². The zero-order valence-corrected chi connectivity index (χ0v) is 20.5. The summed E-state index contributed by atoms with van der Waals surface area (Å²) in [5, 5.41) is 9.59. The lowest BCUT2D eigenvalue weighted by Crippen LogP contribution is -2.28. The second-order valence-corrected chi connectivity index (χ2v) is 9.74. The minimum Gasteiger partial charge on any atom is -0.383 e. The highest BCUT2D eigenvalue weighted by Gasteiger charge is 2.34. The Morgan fingerprint density at radius 3 is 2.12 bits per heavy atom. The van der Waals surface area contributed by atoms with Crippen LogP contribution in [-0.4, -0.2) is 68.6 Å². The molecule has 1 aliphatic carbocycles. The Morgan fingerprint density at radius 1 is 0.882 bits per heavy atom. The van der Waals surface area contributed by atoms with Gasteiger partial charge in [-0.05, 0) is 32.0 Å². The number of carbonyl (C=O) groups excluding carboxylic acids is 2. The van der Waals surface area contributed by atoms with Crippen LogP contribution in [0, 0.1) is 0 Å². The van der Waals surface area contributed by atoms with Crippen molar-refractivity contribution < 1.29 is 23.2 Å². The first-order valence-corrected chi connectivity index (χ1v) is 13.2. The number of rotatable bonds is 14. The van der Waals surface area contributed by atoms with Crippen molar-refractivity contribution in [2.24, 2.45) is 5.73 Å². The van der Waals surface area contributed by atoms with E-state index in [1.165, 1.54) is 12.4 Å². The van der Waals surface area contributed by atoms with Gasteiger partial charge in [0.15, 0.2) is 11.6 Å². The van der Waals surface area contributed by atoms with Crippen LogP contribution in [0.3, 0.4) is 0 Å². The number of fused-ring (bicyclic) bond motifs is 2. The van der Waals surface area contributed by atoms with Gasteiger partial charge < -0.3 is 30.7 Å². The van der Waals surface area contributed by atoms with E-state index in [2.05, 4.69) is 20.9 Å². The summed E-state index contributed by atoms with van der Waals surface area (Å²) in [6, 6.07) is 5.13. The van der Waals surface area contributed by atoms with Gasteiger partial charge >= 0.3 is 7.60 Å². The van der Waals surface area contributed by atoms with Crippen molar-refractivity contribution in [2.45, 2.75) is 13.8 Å². The molecule has 0 saturated carbocycles. The molecule has 2 aromatic rings. The fraction of sp³-hybridized carbons (Fsp3) is 0.435. The summed E-state index contributed by atoms with van der Waals surface area (Å²) in [5.74, 6) is -0.477. The Morgan fingerprint density at radius 2 is 1.50 bits per heavy atom. The molecule has 1 aliphatic rings. The summed E-state index contributed by atoms with van der Waals surface area (Å²) < 4.78 is 23.1. The first-order chi connectivity index (χ1) is 16.5. The average Bonchev–Trinajstić information content (AvgIpc) is 2.83. The molecule has 11 heteroatoms. The fourth-order valence-electron chi connectivity index (χ4n) is 3.80. The molecule has 0 saturated heterocycles. The largest absolute Gasteiger partial charge is 0.383 e. The number of hydrogen-bond donors (Lipinski definition) is 4. The zero-order chi connectivity index (χ0) is 24.6. The van der Waals surface area contributed by atoms with Gasteiger partial charge in [0, 0.05) is 62.1 Å². The van der Waals surface area contributed by atoms with Crippen LogP contribution in [0.2, 0.25) is 0 Å². The third-order valence-corrected chi connectivity index (χ3v) is 7.34. The molecule has 0 unspecified atom stereocenters. The van der Waals surface area contributed by atoms with Gasteiger partial charge in [-0.3, -0.25) is 19.1 Å². The van der Waals surface area contributed by atoms with E-state index in [9.17, 15) is 14.2 Å². The molecule has 0 spiro atoms. The Bertz CT molecular complexity index is 1070. The summed E-state index contributed by atoms with van der Waals surface area (Å²) in [6.07, 6.45) is 3.20. The molecule has 0 aliphatic heterocycles. The van der Waals surface area contributed by atoms with Gasteiger partial charge in [0.1, 0.15) is 0 Å². The lowest BCUT2D eigenvalue weighted by molar-refractivity contribution is 0.0980. The smallest absolute Gasteiger partial charge is 0.331 e. The number of aromatic nitrogens is 1. The van der Waals surface area contributed by atoms with Gasteiger partial charge in [-0.15, -0.1) is 0 Å². The summed E-state index contributed by atoms with van der Waals surface area (Å²) in [6.45, 7) is 6.55. The van der Waals surface area contributed by atoms with Crippen molar-refractivity contribution in [1.29, 1.82) is 0 Å². The summed E-state index contributed by atoms with van der Waals surface area (Å²) in [7, 11) is -3.09. The molecule has 5 N–H and O–H groups in total. The van der Waals surface area contributed by atoms with Crippen LogP contribution in [0.15, 0.2) is 30.6 Å². The molecule has 1 heterocycles. The second kappa shape index (κ2) is 12.2. The number of nitrogens with one attached hydrogen (secondary N) is 3. The Balaban J connectivity index is 1.71. The zero-order valence-electron chi connectivity index (χ0n) is 19.6. The molecular weight excluding hydrogens is 457 g/mol. The molecular formula is C23H32N5O5P. The molecule has 0 fully saturated rings. The number of nitrogens with zero attached hydrogens (tertiary/aromatic N) is 1. The van der Waals surface area contributed by atoms with Crippen LogP contribution < -0.4 is 21.7 Å². The van der Waals surface area contributed by atoms with Gasteiger partial charge in [-0.25, -0.2) is 0 Å². The van der Waals surface area contributed by atoms with E-state index in [4.69, 9.17) is 14.8 Å². The van der Waals surface area contributed by atoms with E-state index in [1.54, 1.807) is 32.0 Å². The monoisotopic (exact) mass is 489 g/mol. The highest BCUT2D eigenvalue weighted by atomic mass is 31.2. The lowest BCUT2D eigenvalue weighted by atomic mass is 9.83. The molecule has 184 valence electrons. The molecule has 1 aromatic carbocycles. The van der Waals surface area contributed by atoms with Crippen LogP contribution in [-0.2, 0) is 13.6 Å². The first kappa shape index (κ1) is 26.0. The Kier molecular flexibility index (Phi) is 9.32. The van der Waals surface area contributed by atoms with Gasteiger partial charge in [0.05, 0.1) is 36.1 Å². The van der Waals surface area contributed by atoms with Gasteiger partial charge in [0.25, 0.3) is 0 Å². The van der Waals surface area contributed by atoms with Crippen LogP contribution in [0.4, 0.5) is 11.4 Å². The maximum Gasteiger partial charge on any atom is 0.331 e. The maximum atomic E-state index is 13.3. The predicted octanol–water partition coefficient (Wildman–Crippen LogP) is 2.50. The van der Waals surface area contributed by atoms with Crippen molar-refractivity contribution in [1.82, 2.24) is 10.3 Å². The second-order valence-electron chi connectivity index (χ2n) is 7.55. The average molecular weight is 490 g/mol. The van der Waals surface area contributed by atoms with Gasteiger partial charge in [-0.2, -0.15) is 0 Å². The van der Waals surface area contributed by atoms with Crippen LogP contribution in [0.25, 0.3) is 0 Å². The molecule has 0 amide bonds. The van der Waals surface area contributed by atoms with Crippen LogP contribution in [0.1, 0.15) is 45.7 Å². The highest BCUT2D eigenvalue weighted by Crippen LogP contribution is 2.47. The highest BCUT2D eigenvalue weighted by molar-refractivity contribution is 7.53. The minimum absolute atomic E-state index is 0.226. The van der Waals surface area contributed by atoms with Crippen molar-refractivity contribution in [3.8, 4) is 0 Å². The summed E-state index contributed by atoms with van der Waals surface area (Å²) in [4.78, 5) is 30.6. The molecule has 3 rings (SSSR count). The topological polar surface area (TPSA) is 145 Å². The number of carbonyl (C=O) groups is 2. The van der Waals surface area contributed by atoms with Gasteiger partial charge in [-0.1, -0.05) is 0 Å². The van der Waals surface area contributed by atoms with Crippen LogP contribution in [0.5, 0.6) is 0 Å². The Labute approximate surface area is 199 Å². The third kappa shape index (κ3) is 5.89. The molecule has 0 atom stereocenters. The minimum atomic E-state index is -3.09. The molecule has 0 radical (unpaired) electrons. The SMILES string of the molecule is CCOP(=O)(CCNCCNc1ccc(NCCN)c2c1C(=O)c1cnccc1C2=O)OCC. The molecule has 10 nitrogen and oxygen atoms in total. The first-order valence-electron chi connectivity index (χ1n) is 11.4. The van der Waals surface area contributed by atoms with Gasteiger partial charge in [0.2, 0.25) is 0 Å². The Hall–Kier alpha value is -2.62. The number of anilines is 2. The van der Waals surface area contributed by atoms with E-state index < -0.39 is 7.60 Å². The summed E-state index contributed by atoms with van der Waals surface area (Å²) in [5.41, 5.74) is 8.05. The fourth-order valence-corrected chi connectivity index (χ4v) is 5.36. The quantitative estimate of drug-likeness (QED) is 0.197. The van der Waals surface area contributed by atoms with Crippen LogP contribution >= 0.6 is 7.60 Å².